The third kappa shape index (κ3) is 2.71. The van der Waals surface area contributed by atoms with Crippen LogP contribution in [0.5, 0.6) is 0 Å². The van der Waals surface area contributed by atoms with Crippen molar-refractivity contribution in [1.82, 2.24) is 9.29 Å². The highest BCUT2D eigenvalue weighted by molar-refractivity contribution is 7.89. The first-order chi connectivity index (χ1) is 12.7. The van der Waals surface area contributed by atoms with Gasteiger partial charge in [-0.25, -0.2) is 13.4 Å². The molecular formula is C17H15N3O4S3. The maximum Gasteiger partial charge on any atom is 0.278 e. The summed E-state index contributed by atoms with van der Waals surface area (Å²) in [6.07, 6.45) is 1.60. The number of thiazole rings is 1. The number of nitrogens with zero attached hydrogens (tertiary/aromatic N) is 2. The molecule has 2 N–H and O–H groups in total. The number of carbonyl (C=O) groups is 1. The summed E-state index contributed by atoms with van der Waals surface area (Å²) < 4.78 is 27.7. The van der Waals surface area contributed by atoms with Gasteiger partial charge in [0.1, 0.15) is 4.90 Å². The number of amides is 1. The SMILES string of the molecule is Cc1ccc2c3c(sc2c1)C(O)=C(C(=O)Nc1ncc(C)s1)N(C)S3(=O)=O. The summed E-state index contributed by atoms with van der Waals surface area (Å²) in [6, 6.07) is 5.40. The number of aryl methyl sites for hydroxylation is 2. The van der Waals surface area contributed by atoms with Crippen LogP contribution in [0.25, 0.3) is 15.8 Å². The maximum absolute atomic E-state index is 13.1. The molecule has 1 aromatic carbocycles. The van der Waals surface area contributed by atoms with E-state index in [2.05, 4.69) is 10.3 Å². The molecule has 0 fully saturated rings. The number of aliphatic hydroxyl groups is 1. The van der Waals surface area contributed by atoms with Crippen LogP contribution in [-0.4, -0.2) is 35.8 Å². The highest BCUT2D eigenvalue weighted by Crippen LogP contribution is 2.44. The fourth-order valence-electron chi connectivity index (χ4n) is 2.93. The lowest BCUT2D eigenvalue weighted by atomic mass is 10.2. The van der Waals surface area contributed by atoms with Crippen molar-refractivity contribution in [3.8, 4) is 0 Å². The van der Waals surface area contributed by atoms with E-state index in [4.69, 9.17) is 0 Å². The van der Waals surface area contributed by atoms with Gasteiger partial charge in [-0.1, -0.05) is 12.1 Å². The Morgan fingerprint density at radius 1 is 1.26 bits per heavy atom. The minimum Gasteiger partial charge on any atom is -0.504 e. The summed E-state index contributed by atoms with van der Waals surface area (Å²) in [6.45, 7) is 3.75. The second-order valence-corrected chi connectivity index (χ2v) is 10.4. The standard InChI is InChI=1S/C17H15N3O4S3/c1-8-4-5-10-11(6-8)26-14-13(21)12(20(3)27(23,24)15(10)14)16(22)19-17-18-7-9(2)25-17/h4-7,21H,1-3H3,(H,18,19,22). The van der Waals surface area contributed by atoms with E-state index in [9.17, 15) is 18.3 Å². The molecule has 10 heteroatoms. The van der Waals surface area contributed by atoms with Gasteiger partial charge in [-0.05, 0) is 25.5 Å². The van der Waals surface area contributed by atoms with E-state index in [1.54, 1.807) is 12.3 Å². The van der Waals surface area contributed by atoms with Crippen molar-refractivity contribution in [3.05, 3.63) is 45.4 Å². The van der Waals surface area contributed by atoms with Gasteiger partial charge >= 0.3 is 0 Å². The summed E-state index contributed by atoms with van der Waals surface area (Å²) in [4.78, 5) is 17.8. The van der Waals surface area contributed by atoms with Crippen LogP contribution in [0.2, 0.25) is 0 Å². The van der Waals surface area contributed by atoms with Crippen LogP contribution < -0.4 is 5.32 Å². The van der Waals surface area contributed by atoms with Gasteiger partial charge in [0.2, 0.25) is 0 Å². The van der Waals surface area contributed by atoms with E-state index in [-0.39, 0.29) is 21.2 Å². The zero-order valence-electron chi connectivity index (χ0n) is 14.6. The average molecular weight is 422 g/mol. The summed E-state index contributed by atoms with van der Waals surface area (Å²) in [5.74, 6) is -1.08. The molecular weight excluding hydrogens is 406 g/mol. The number of anilines is 1. The zero-order valence-corrected chi connectivity index (χ0v) is 17.1. The van der Waals surface area contributed by atoms with Crippen LogP contribution in [0.3, 0.4) is 0 Å². The molecule has 3 aromatic rings. The molecule has 2 aromatic heterocycles. The maximum atomic E-state index is 13.1. The van der Waals surface area contributed by atoms with Crippen molar-refractivity contribution in [2.24, 2.45) is 0 Å². The summed E-state index contributed by atoms with van der Waals surface area (Å²) in [7, 11) is -2.72. The molecule has 0 saturated heterocycles. The Bertz CT molecular complexity index is 1240. The van der Waals surface area contributed by atoms with E-state index in [1.807, 2.05) is 26.0 Å². The fourth-order valence-corrected chi connectivity index (χ4v) is 6.70. The third-order valence-electron chi connectivity index (χ3n) is 4.23. The number of rotatable bonds is 2. The van der Waals surface area contributed by atoms with Crippen molar-refractivity contribution < 1.29 is 18.3 Å². The number of carbonyl (C=O) groups excluding carboxylic acids is 1. The molecule has 0 aliphatic carbocycles. The van der Waals surface area contributed by atoms with Crippen molar-refractivity contribution >= 4 is 59.6 Å². The lowest BCUT2D eigenvalue weighted by Gasteiger charge is -2.26. The first kappa shape index (κ1) is 18.0. The first-order valence-corrected chi connectivity index (χ1v) is 11.0. The molecule has 0 bridgehead atoms. The normalized spacial score (nSPS) is 15.9. The molecule has 0 unspecified atom stereocenters. The van der Waals surface area contributed by atoms with E-state index in [1.165, 1.54) is 18.4 Å². The zero-order chi connectivity index (χ0) is 19.5. The summed E-state index contributed by atoms with van der Waals surface area (Å²) in [5.41, 5.74) is 0.658. The molecule has 0 saturated carbocycles. The number of hydrogen-bond donors (Lipinski definition) is 2. The highest BCUT2D eigenvalue weighted by atomic mass is 32.2. The van der Waals surface area contributed by atoms with Crippen LogP contribution in [0.4, 0.5) is 5.13 Å². The van der Waals surface area contributed by atoms with Gasteiger partial charge in [0.25, 0.3) is 15.9 Å². The van der Waals surface area contributed by atoms with E-state index < -0.39 is 15.9 Å². The van der Waals surface area contributed by atoms with Gasteiger partial charge in [0.15, 0.2) is 16.6 Å². The Morgan fingerprint density at radius 2 is 2.00 bits per heavy atom. The van der Waals surface area contributed by atoms with Crippen LogP contribution >= 0.6 is 22.7 Å². The van der Waals surface area contributed by atoms with Crippen LogP contribution in [-0.2, 0) is 14.8 Å². The largest absolute Gasteiger partial charge is 0.504 e. The fraction of sp³-hybridized carbons (Fsp3) is 0.176. The molecule has 1 amide bonds. The Balaban J connectivity index is 1.90. The number of nitrogens with one attached hydrogen (secondary N) is 1. The van der Waals surface area contributed by atoms with Gasteiger partial charge in [-0.3, -0.25) is 14.4 Å². The molecule has 0 radical (unpaired) electrons. The molecule has 0 atom stereocenters. The lowest BCUT2D eigenvalue weighted by Crippen LogP contribution is -2.36. The van der Waals surface area contributed by atoms with E-state index in [0.29, 0.717) is 10.5 Å². The Labute approximate surface area is 163 Å². The van der Waals surface area contributed by atoms with Gasteiger partial charge in [-0.15, -0.1) is 22.7 Å². The minimum atomic E-state index is -3.98. The average Bonchev–Trinajstić information content (AvgIpc) is 3.17. The monoisotopic (exact) mass is 421 g/mol. The topological polar surface area (TPSA) is 99.6 Å². The predicted molar refractivity (Wildman–Crippen MR) is 107 cm³/mol. The van der Waals surface area contributed by atoms with Gasteiger partial charge in [0.05, 0.1) is 4.88 Å². The van der Waals surface area contributed by atoms with Gasteiger partial charge in [0, 0.05) is 28.2 Å². The number of benzene rings is 1. The molecule has 27 heavy (non-hydrogen) atoms. The Hall–Kier alpha value is -2.43. The Kier molecular flexibility index (Phi) is 4.02. The van der Waals surface area contributed by atoms with E-state index in [0.717, 1.165) is 30.8 Å². The summed E-state index contributed by atoms with van der Waals surface area (Å²) >= 11 is 2.41. The van der Waals surface area contributed by atoms with Crippen LogP contribution in [0.15, 0.2) is 35.0 Å². The number of sulfonamides is 1. The molecule has 3 heterocycles. The van der Waals surface area contributed by atoms with Gasteiger partial charge < -0.3 is 5.11 Å². The minimum absolute atomic E-state index is 0.0316. The Morgan fingerprint density at radius 3 is 2.67 bits per heavy atom. The summed E-state index contributed by atoms with van der Waals surface area (Å²) in [5, 5.41) is 14.2. The number of aromatic nitrogens is 1. The van der Waals surface area contributed by atoms with Crippen LogP contribution in [0.1, 0.15) is 15.3 Å². The first-order valence-electron chi connectivity index (χ1n) is 7.89. The van der Waals surface area contributed by atoms with Crippen molar-refractivity contribution in [1.29, 1.82) is 0 Å². The predicted octanol–water partition coefficient (Wildman–Crippen LogP) is 3.47. The molecule has 7 nitrogen and oxygen atoms in total. The number of thiophene rings is 1. The van der Waals surface area contributed by atoms with Gasteiger partial charge in [-0.2, -0.15) is 0 Å². The second-order valence-electron chi connectivity index (χ2n) is 6.16. The third-order valence-corrected chi connectivity index (χ3v) is 8.19. The smallest absolute Gasteiger partial charge is 0.278 e. The number of aliphatic hydroxyl groups excluding tert-OH is 1. The quantitative estimate of drug-likeness (QED) is 0.660. The molecule has 1 aliphatic rings. The number of fused-ring (bicyclic) bond motifs is 3. The van der Waals surface area contributed by atoms with Crippen LogP contribution in [0, 0.1) is 13.8 Å². The van der Waals surface area contributed by atoms with Crippen molar-refractivity contribution in [2.45, 2.75) is 18.7 Å². The highest BCUT2D eigenvalue weighted by Gasteiger charge is 2.41. The molecule has 140 valence electrons. The second kappa shape index (κ2) is 6.04. The van der Waals surface area contributed by atoms with E-state index >= 15 is 0 Å². The van der Waals surface area contributed by atoms with Crippen molar-refractivity contribution in [3.63, 3.8) is 0 Å². The number of hydrogen-bond acceptors (Lipinski definition) is 7. The van der Waals surface area contributed by atoms with Crippen molar-refractivity contribution in [2.75, 3.05) is 12.4 Å². The molecule has 4 rings (SSSR count). The molecule has 0 spiro atoms. The number of likely N-dealkylation sites (N-methyl/N-ethyl adjacent to an activating group) is 1. The molecule has 1 aliphatic heterocycles. The lowest BCUT2D eigenvalue weighted by molar-refractivity contribution is -0.113.